The second-order valence-electron chi connectivity index (χ2n) is 3.50. The van der Waals surface area contributed by atoms with E-state index in [4.69, 9.17) is 5.11 Å². The van der Waals surface area contributed by atoms with Gasteiger partial charge in [-0.15, -0.1) is 11.8 Å². The Kier molecular flexibility index (Phi) is 5.03. The van der Waals surface area contributed by atoms with Crippen molar-refractivity contribution in [1.82, 2.24) is 5.32 Å². The highest BCUT2D eigenvalue weighted by atomic mass is 32.2. The number of nitrogens with one attached hydrogen (secondary N) is 1. The molecule has 0 radical (unpaired) electrons. The van der Waals surface area contributed by atoms with Gasteiger partial charge in [-0.2, -0.15) is 0 Å². The molecule has 1 aromatic carbocycles. The molecule has 1 amide bonds. The van der Waals surface area contributed by atoms with Crippen molar-refractivity contribution in [3.05, 3.63) is 29.8 Å². The summed E-state index contributed by atoms with van der Waals surface area (Å²) in [7, 11) is 0. The number of thioether (sulfide) groups is 1. The number of benzene rings is 1. The van der Waals surface area contributed by atoms with Crippen LogP contribution in [-0.2, 0) is 4.79 Å². The molecule has 4 nitrogen and oxygen atoms in total. The summed E-state index contributed by atoms with van der Waals surface area (Å²) in [6, 6.07) is 6.22. The summed E-state index contributed by atoms with van der Waals surface area (Å²) in [5.41, 5.74) is 0.475. The number of aliphatic carboxylic acids is 1. The third-order valence-corrected chi connectivity index (χ3v) is 3.11. The highest BCUT2D eigenvalue weighted by molar-refractivity contribution is 7.98. The fraction of sp³-hybridized carbons (Fsp3) is 0.333. The van der Waals surface area contributed by atoms with Crippen molar-refractivity contribution in [3.8, 4) is 0 Å². The van der Waals surface area contributed by atoms with Crippen molar-refractivity contribution in [3.63, 3.8) is 0 Å². The second-order valence-corrected chi connectivity index (χ2v) is 4.38. The molecule has 1 rings (SSSR count). The maximum atomic E-state index is 11.7. The second kappa shape index (κ2) is 6.30. The normalized spacial score (nSPS) is 11.9. The smallest absolute Gasteiger partial charge is 0.326 e. The average Bonchev–Trinajstić information content (AvgIpc) is 2.35. The first-order valence-corrected chi connectivity index (χ1v) is 6.48. The Morgan fingerprint density at radius 3 is 2.35 bits per heavy atom. The topological polar surface area (TPSA) is 66.4 Å². The third kappa shape index (κ3) is 3.78. The first-order valence-electron chi connectivity index (χ1n) is 5.26. The summed E-state index contributed by atoms with van der Waals surface area (Å²) in [5.74, 6) is -1.37. The molecule has 0 saturated heterocycles. The maximum absolute atomic E-state index is 11.7. The van der Waals surface area contributed by atoms with E-state index in [0.29, 0.717) is 12.0 Å². The van der Waals surface area contributed by atoms with Gasteiger partial charge in [-0.1, -0.05) is 6.92 Å². The summed E-state index contributed by atoms with van der Waals surface area (Å²) in [5, 5.41) is 11.3. The van der Waals surface area contributed by atoms with E-state index in [1.54, 1.807) is 30.8 Å². The van der Waals surface area contributed by atoms with Crippen molar-refractivity contribution in [1.29, 1.82) is 0 Å². The van der Waals surface area contributed by atoms with E-state index < -0.39 is 12.0 Å². The summed E-state index contributed by atoms with van der Waals surface area (Å²) >= 11 is 1.59. The van der Waals surface area contributed by atoms with Crippen molar-refractivity contribution >= 4 is 23.6 Å². The largest absolute Gasteiger partial charge is 0.480 e. The quantitative estimate of drug-likeness (QED) is 0.788. The number of carbonyl (C=O) groups is 2. The number of carbonyl (C=O) groups excluding carboxylic acids is 1. The monoisotopic (exact) mass is 253 g/mol. The lowest BCUT2D eigenvalue weighted by Gasteiger charge is -2.12. The number of hydrogen-bond acceptors (Lipinski definition) is 3. The molecular weight excluding hydrogens is 238 g/mol. The average molecular weight is 253 g/mol. The summed E-state index contributed by atoms with van der Waals surface area (Å²) < 4.78 is 0. The molecule has 92 valence electrons. The lowest BCUT2D eigenvalue weighted by atomic mass is 10.1. The van der Waals surface area contributed by atoms with Crippen LogP contribution in [0.1, 0.15) is 23.7 Å². The number of rotatable bonds is 5. The first-order chi connectivity index (χ1) is 8.08. The van der Waals surface area contributed by atoms with E-state index in [1.165, 1.54) is 0 Å². The van der Waals surface area contributed by atoms with Crippen molar-refractivity contribution < 1.29 is 14.7 Å². The Hall–Kier alpha value is -1.49. The van der Waals surface area contributed by atoms with Gasteiger partial charge in [-0.25, -0.2) is 4.79 Å². The molecular formula is C12H15NO3S. The molecule has 17 heavy (non-hydrogen) atoms. The van der Waals surface area contributed by atoms with E-state index in [-0.39, 0.29) is 5.91 Å². The van der Waals surface area contributed by atoms with E-state index in [9.17, 15) is 9.59 Å². The molecule has 0 aromatic heterocycles. The van der Waals surface area contributed by atoms with Gasteiger partial charge in [0.25, 0.3) is 5.91 Å². The Labute approximate surface area is 104 Å². The van der Waals surface area contributed by atoms with Crippen LogP contribution >= 0.6 is 11.8 Å². The maximum Gasteiger partial charge on any atom is 0.326 e. The zero-order valence-corrected chi connectivity index (χ0v) is 10.6. The van der Waals surface area contributed by atoms with Crippen LogP contribution in [0.4, 0.5) is 0 Å². The van der Waals surface area contributed by atoms with E-state index in [1.807, 2.05) is 18.4 Å². The lowest BCUT2D eigenvalue weighted by molar-refractivity contribution is -0.139. The van der Waals surface area contributed by atoms with Crippen LogP contribution in [0, 0.1) is 0 Å². The number of carboxylic acid groups (broad SMARTS) is 1. The van der Waals surface area contributed by atoms with E-state index in [2.05, 4.69) is 5.32 Å². The summed E-state index contributed by atoms with van der Waals surface area (Å²) in [6.45, 7) is 1.72. The Balaban J connectivity index is 2.72. The van der Waals surface area contributed by atoms with Crippen LogP contribution in [0.3, 0.4) is 0 Å². The van der Waals surface area contributed by atoms with E-state index in [0.717, 1.165) is 4.90 Å². The highest BCUT2D eigenvalue weighted by Crippen LogP contribution is 2.14. The Morgan fingerprint density at radius 2 is 1.94 bits per heavy atom. The van der Waals surface area contributed by atoms with Crippen LogP contribution in [0.2, 0.25) is 0 Å². The first kappa shape index (κ1) is 13.6. The van der Waals surface area contributed by atoms with E-state index >= 15 is 0 Å². The molecule has 5 heteroatoms. The minimum absolute atomic E-state index is 0.355. The molecule has 0 saturated carbocycles. The predicted octanol–water partition coefficient (Wildman–Crippen LogP) is 2.00. The number of hydrogen-bond donors (Lipinski definition) is 2. The standard InChI is InChI=1S/C12H15NO3S/c1-3-10(12(15)16)13-11(14)8-4-6-9(17-2)7-5-8/h4-7,10H,3H2,1-2H3,(H,13,14)(H,15,16)/t10-/m0/s1. The molecule has 0 aliphatic carbocycles. The molecule has 0 aliphatic heterocycles. The van der Waals surface area contributed by atoms with Crippen LogP contribution < -0.4 is 5.32 Å². The molecule has 0 spiro atoms. The summed E-state index contributed by atoms with van der Waals surface area (Å²) in [4.78, 5) is 23.6. The lowest BCUT2D eigenvalue weighted by Crippen LogP contribution is -2.40. The Morgan fingerprint density at radius 1 is 1.35 bits per heavy atom. The molecule has 0 unspecified atom stereocenters. The SMILES string of the molecule is CC[C@H](NC(=O)c1ccc(SC)cc1)C(=O)O. The van der Waals surface area contributed by atoms with Gasteiger partial charge in [0.05, 0.1) is 0 Å². The molecule has 0 aliphatic rings. The minimum atomic E-state index is -1.01. The van der Waals surface area contributed by atoms with Gasteiger partial charge in [0.2, 0.25) is 0 Å². The van der Waals surface area contributed by atoms with Gasteiger partial charge in [-0.05, 0) is 36.9 Å². The number of amides is 1. The van der Waals surface area contributed by atoms with Crippen molar-refractivity contribution in [2.75, 3.05) is 6.26 Å². The Bertz CT molecular complexity index is 403. The van der Waals surface area contributed by atoms with Crippen molar-refractivity contribution in [2.45, 2.75) is 24.3 Å². The third-order valence-electron chi connectivity index (χ3n) is 2.36. The minimum Gasteiger partial charge on any atom is -0.480 e. The molecule has 1 atom stereocenters. The molecule has 0 fully saturated rings. The molecule has 2 N–H and O–H groups in total. The van der Waals surface area contributed by atoms with Gasteiger partial charge in [0.15, 0.2) is 0 Å². The van der Waals surface area contributed by atoms with Crippen LogP contribution in [0.15, 0.2) is 29.2 Å². The molecule has 1 aromatic rings. The van der Waals surface area contributed by atoms with Crippen LogP contribution in [0.5, 0.6) is 0 Å². The zero-order chi connectivity index (χ0) is 12.8. The number of carboxylic acids is 1. The zero-order valence-electron chi connectivity index (χ0n) is 9.77. The van der Waals surface area contributed by atoms with Gasteiger partial charge in [0.1, 0.15) is 6.04 Å². The molecule has 0 bridgehead atoms. The fourth-order valence-electron chi connectivity index (χ4n) is 1.32. The van der Waals surface area contributed by atoms with Gasteiger partial charge < -0.3 is 10.4 Å². The molecule has 0 heterocycles. The predicted molar refractivity (Wildman–Crippen MR) is 67.4 cm³/mol. The fourth-order valence-corrected chi connectivity index (χ4v) is 1.73. The van der Waals surface area contributed by atoms with Gasteiger partial charge in [0, 0.05) is 10.5 Å². The van der Waals surface area contributed by atoms with Crippen molar-refractivity contribution in [2.24, 2.45) is 0 Å². The highest BCUT2D eigenvalue weighted by Gasteiger charge is 2.18. The van der Waals surface area contributed by atoms with Gasteiger partial charge >= 0.3 is 5.97 Å². The summed E-state index contributed by atoms with van der Waals surface area (Å²) in [6.07, 6.45) is 2.32. The van der Waals surface area contributed by atoms with Crippen LogP contribution in [0.25, 0.3) is 0 Å². The van der Waals surface area contributed by atoms with Crippen LogP contribution in [-0.4, -0.2) is 29.3 Å². The van der Waals surface area contributed by atoms with Gasteiger partial charge in [-0.3, -0.25) is 4.79 Å².